The van der Waals surface area contributed by atoms with Crippen LogP contribution in [0.25, 0.3) is 0 Å². The van der Waals surface area contributed by atoms with Gasteiger partial charge in [-0.25, -0.2) is 4.79 Å². The summed E-state index contributed by atoms with van der Waals surface area (Å²) in [7, 11) is 0. The van der Waals surface area contributed by atoms with Crippen LogP contribution < -0.4 is 0 Å². The van der Waals surface area contributed by atoms with Crippen molar-refractivity contribution in [3.63, 3.8) is 0 Å². The zero-order chi connectivity index (χ0) is 17.5. The summed E-state index contributed by atoms with van der Waals surface area (Å²) < 4.78 is 5.60. The lowest BCUT2D eigenvalue weighted by molar-refractivity contribution is -0.0966. The molecule has 1 amide bonds. The van der Waals surface area contributed by atoms with E-state index in [4.69, 9.17) is 4.74 Å². The van der Waals surface area contributed by atoms with Gasteiger partial charge in [0.05, 0.1) is 5.60 Å². The fraction of sp³-hybridized carbons (Fsp3) is 0.684. The lowest BCUT2D eigenvalue weighted by Gasteiger charge is -2.51. The van der Waals surface area contributed by atoms with E-state index in [0.717, 1.165) is 30.4 Å². The predicted octanol–water partition coefficient (Wildman–Crippen LogP) is 3.53. The molecule has 2 fully saturated rings. The van der Waals surface area contributed by atoms with Gasteiger partial charge in [0.25, 0.3) is 0 Å². The highest BCUT2D eigenvalue weighted by atomic mass is 16.6. The van der Waals surface area contributed by atoms with E-state index < -0.39 is 11.2 Å². The van der Waals surface area contributed by atoms with Gasteiger partial charge < -0.3 is 14.7 Å². The highest BCUT2D eigenvalue weighted by Gasteiger charge is 2.49. The SMILES string of the molecule is Cc1cncc(C2(O)CC3CCCC(C2)N3C(=O)OC(C)(C)C)c1. The van der Waals surface area contributed by atoms with Crippen LogP contribution in [0, 0.1) is 6.92 Å². The van der Waals surface area contributed by atoms with E-state index in [0.29, 0.717) is 12.8 Å². The molecule has 0 saturated carbocycles. The quantitative estimate of drug-likeness (QED) is 0.854. The molecule has 2 saturated heterocycles. The Morgan fingerprint density at radius 2 is 1.92 bits per heavy atom. The van der Waals surface area contributed by atoms with Gasteiger partial charge in [-0.1, -0.05) is 6.07 Å². The van der Waals surface area contributed by atoms with Crippen LogP contribution in [0.3, 0.4) is 0 Å². The molecule has 1 aromatic heterocycles. The Morgan fingerprint density at radius 3 is 2.46 bits per heavy atom. The number of amides is 1. The van der Waals surface area contributed by atoms with Gasteiger partial charge in [-0.05, 0) is 52.5 Å². The van der Waals surface area contributed by atoms with Crippen LogP contribution in [0.15, 0.2) is 18.5 Å². The lowest BCUT2D eigenvalue weighted by atomic mass is 9.73. The van der Waals surface area contributed by atoms with Crippen LogP contribution in [0.2, 0.25) is 0 Å². The molecule has 2 unspecified atom stereocenters. The van der Waals surface area contributed by atoms with Crippen LogP contribution >= 0.6 is 0 Å². The Kier molecular flexibility index (Phi) is 4.32. The molecule has 5 nitrogen and oxygen atoms in total. The number of carbonyl (C=O) groups is 1. The third-order valence-electron chi connectivity index (χ3n) is 5.02. The molecule has 1 aromatic rings. The third-order valence-corrected chi connectivity index (χ3v) is 5.02. The summed E-state index contributed by atoms with van der Waals surface area (Å²) >= 11 is 0. The number of aliphatic hydroxyl groups is 1. The van der Waals surface area contributed by atoms with E-state index in [-0.39, 0.29) is 18.2 Å². The molecule has 3 heterocycles. The normalized spacial score (nSPS) is 30.1. The fourth-order valence-electron chi connectivity index (χ4n) is 4.09. The number of hydrogen-bond acceptors (Lipinski definition) is 4. The Bertz CT molecular complexity index is 609. The van der Waals surface area contributed by atoms with Gasteiger partial charge >= 0.3 is 6.09 Å². The number of hydrogen-bond donors (Lipinski definition) is 1. The highest BCUT2D eigenvalue weighted by Crippen LogP contribution is 2.44. The predicted molar refractivity (Wildman–Crippen MR) is 91.6 cm³/mol. The largest absolute Gasteiger partial charge is 0.444 e. The standard InChI is InChI=1S/C19H28N2O3/c1-13-8-14(12-20-11-13)19(23)9-15-6-5-7-16(10-19)21(15)17(22)24-18(2,3)4/h8,11-12,15-16,23H,5-7,9-10H2,1-4H3. The van der Waals surface area contributed by atoms with Crippen molar-refractivity contribution in [1.82, 2.24) is 9.88 Å². The van der Waals surface area contributed by atoms with Crippen LogP contribution in [0.1, 0.15) is 64.0 Å². The molecule has 5 heteroatoms. The molecule has 3 rings (SSSR count). The highest BCUT2D eigenvalue weighted by molar-refractivity contribution is 5.69. The summed E-state index contributed by atoms with van der Waals surface area (Å²) in [6.07, 6.45) is 7.32. The van der Waals surface area contributed by atoms with Crippen molar-refractivity contribution >= 4 is 6.09 Å². The average Bonchev–Trinajstić information content (AvgIpc) is 2.44. The molecule has 0 aromatic carbocycles. The second-order valence-corrected chi connectivity index (χ2v) is 8.32. The van der Waals surface area contributed by atoms with Crippen LogP contribution in [0.4, 0.5) is 4.79 Å². The Labute approximate surface area is 144 Å². The van der Waals surface area contributed by atoms with Crippen molar-refractivity contribution in [2.24, 2.45) is 0 Å². The number of ether oxygens (including phenoxy) is 1. The summed E-state index contributed by atoms with van der Waals surface area (Å²) in [4.78, 5) is 18.8. The zero-order valence-electron chi connectivity index (χ0n) is 15.1. The number of piperidine rings is 2. The van der Waals surface area contributed by atoms with E-state index in [1.54, 1.807) is 12.4 Å². The average molecular weight is 332 g/mol. The molecule has 132 valence electrons. The summed E-state index contributed by atoms with van der Waals surface area (Å²) in [6.45, 7) is 7.65. The van der Waals surface area contributed by atoms with Crippen molar-refractivity contribution in [3.05, 3.63) is 29.6 Å². The molecule has 2 bridgehead atoms. The summed E-state index contributed by atoms with van der Waals surface area (Å²) in [5, 5.41) is 11.3. The Morgan fingerprint density at radius 1 is 1.29 bits per heavy atom. The molecule has 0 radical (unpaired) electrons. The van der Waals surface area contributed by atoms with Crippen molar-refractivity contribution in [2.75, 3.05) is 0 Å². The number of nitrogens with zero attached hydrogens (tertiary/aromatic N) is 2. The molecule has 2 aliphatic rings. The Balaban J connectivity index is 1.84. The van der Waals surface area contributed by atoms with E-state index in [2.05, 4.69) is 4.98 Å². The third kappa shape index (κ3) is 3.41. The van der Waals surface area contributed by atoms with E-state index in [9.17, 15) is 9.90 Å². The van der Waals surface area contributed by atoms with Gasteiger partial charge in [0, 0.05) is 42.9 Å². The molecular formula is C19H28N2O3. The molecule has 0 aliphatic carbocycles. The first kappa shape index (κ1) is 17.2. The summed E-state index contributed by atoms with van der Waals surface area (Å²) in [5.74, 6) is 0. The molecular weight excluding hydrogens is 304 g/mol. The van der Waals surface area contributed by atoms with Crippen LogP contribution in [-0.4, -0.2) is 38.8 Å². The minimum atomic E-state index is -0.909. The Hall–Kier alpha value is -1.62. The van der Waals surface area contributed by atoms with Crippen molar-refractivity contribution in [2.45, 2.75) is 83.1 Å². The van der Waals surface area contributed by atoms with Crippen LogP contribution in [-0.2, 0) is 10.3 Å². The molecule has 24 heavy (non-hydrogen) atoms. The van der Waals surface area contributed by atoms with E-state index in [1.165, 1.54) is 0 Å². The maximum Gasteiger partial charge on any atom is 0.410 e. The van der Waals surface area contributed by atoms with Gasteiger partial charge in [0.15, 0.2) is 0 Å². The van der Waals surface area contributed by atoms with Gasteiger partial charge in [-0.2, -0.15) is 0 Å². The number of pyridine rings is 1. The number of aromatic nitrogens is 1. The van der Waals surface area contributed by atoms with Gasteiger partial charge in [-0.3, -0.25) is 4.98 Å². The topological polar surface area (TPSA) is 62.7 Å². The fourth-order valence-corrected chi connectivity index (χ4v) is 4.09. The van der Waals surface area contributed by atoms with E-state index >= 15 is 0 Å². The molecule has 2 atom stereocenters. The minimum Gasteiger partial charge on any atom is -0.444 e. The van der Waals surface area contributed by atoms with Gasteiger partial charge in [-0.15, -0.1) is 0 Å². The maximum absolute atomic E-state index is 12.6. The minimum absolute atomic E-state index is 0.0258. The monoisotopic (exact) mass is 332 g/mol. The van der Waals surface area contributed by atoms with Crippen molar-refractivity contribution < 1.29 is 14.6 Å². The number of aryl methyl sites for hydroxylation is 1. The number of fused-ring (bicyclic) bond motifs is 2. The maximum atomic E-state index is 12.6. The summed E-state index contributed by atoms with van der Waals surface area (Å²) in [6, 6.07) is 2.06. The van der Waals surface area contributed by atoms with E-state index in [1.807, 2.05) is 38.7 Å². The second kappa shape index (κ2) is 6.03. The molecule has 1 N–H and O–H groups in total. The first-order chi connectivity index (χ1) is 11.2. The van der Waals surface area contributed by atoms with Crippen molar-refractivity contribution in [3.8, 4) is 0 Å². The zero-order valence-corrected chi connectivity index (χ0v) is 15.1. The van der Waals surface area contributed by atoms with Gasteiger partial charge in [0.1, 0.15) is 5.60 Å². The summed E-state index contributed by atoms with van der Waals surface area (Å²) in [5.41, 5.74) is 0.497. The van der Waals surface area contributed by atoms with Crippen LogP contribution in [0.5, 0.6) is 0 Å². The lowest BCUT2D eigenvalue weighted by Crippen LogP contribution is -2.59. The first-order valence-electron chi connectivity index (χ1n) is 8.84. The molecule has 0 spiro atoms. The first-order valence-corrected chi connectivity index (χ1v) is 8.84. The smallest absolute Gasteiger partial charge is 0.410 e. The number of rotatable bonds is 1. The van der Waals surface area contributed by atoms with Crippen molar-refractivity contribution in [1.29, 1.82) is 0 Å². The molecule has 2 aliphatic heterocycles. The number of carbonyl (C=O) groups excluding carboxylic acids is 1. The second-order valence-electron chi connectivity index (χ2n) is 8.32. The van der Waals surface area contributed by atoms with Gasteiger partial charge in [0.2, 0.25) is 0 Å².